The van der Waals surface area contributed by atoms with E-state index in [0.29, 0.717) is 11.4 Å². The molecular weight excluding hydrogens is 420 g/mol. The molecule has 0 saturated carbocycles. The van der Waals surface area contributed by atoms with Crippen LogP contribution in [-0.2, 0) is 19.6 Å². The SMILES string of the molecule is CN(C)C(=O)[C@@H]1CN(C(=O)CN(C)S(=O)(=O)c2ccccc2C#N)c2ccccc2O1. The van der Waals surface area contributed by atoms with E-state index in [4.69, 9.17) is 4.74 Å². The average molecular weight is 442 g/mol. The number of carbonyl (C=O) groups excluding carboxylic acids is 2. The highest BCUT2D eigenvalue weighted by atomic mass is 32.2. The molecule has 10 heteroatoms. The van der Waals surface area contributed by atoms with Gasteiger partial charge >= 0.3 is 0 Å². The Bertz CT molecular complexity index is 1160. The topological polar surface area (TPSA) is 111 Å². The number of carbonyl (C=O) groups is 2. The number of fused-ring (bicyclic) bond motifs is 1. The molecule has 2 aromatic rings. The van der Waals surface area contributed by atoms with Gasteiger partial charge in [0.1, 0.15) is 11.8 Å². The van der Waals surface area contributed by atoms with Crippen molar-refractivity contribution >= 4 is 27.5 Å². The Morgan fingerprint density at radius 3 is 2.45 bits per heavy atom. The van der Waals surface area contributed by atoms with Gasteiger partial charge in [0.25, 0.3) is 5.91 Å². The Balaban J connectivity index is 1.88. The Labute approximate surface area is 181 Å². The van der Waals surface area contributed by atoms with Crippen LogP contribution in [0.15, 0.2) is 53.4 Å². The molecule has 1 aliphatic heterocycles. The van der Waals surface area contributed by atoms with E-state index in [1.807, 2.05) is 6.07 Å². The van der Waals surface area contributed by atoms with Crippen molar-refractivity contribution in [1.29, 1.82) is 5.26 Å². The molecule has 0 fully saturated rings. The fraction of sp³-hybridized carbons (Fsp3) is 0.286. The average Bonchev–Trinajstić information content (AvgIpc) is 2.77. The lowest BCUT2D eigenvalue weighted by Crippen LogP contribution is -2.52. The molecular formula is C21H22N4O5S. The summed E-state index contributed by atoms with van der Waals surface area (Å²) >= 11 is 0. The summed E-state index contributed by atoms with van der Waals surface area (Å²) in [5, 5.41) is 9.23. The van der Waals surface area contributed by atoms with Crippen molar-refractivity contribution in [3.63, 3.8) is 0 Å². The van der Waals surface area contributed by atoms with Crippen molar-refractivity contribution in [2.75, 3.05) is 39.1 Å². The molecule has 9 nitrogen and oxygen atoms in total. The quantitative estimate of drug-likeness (QED) is 0.685. The monoisotopic (exact) mass is 442 g/mol. The van der Waals surface area contributed by atoms with Crippen LogP contribution in [0.1, 0.15) is 5.56 Å². The van der Waals surface area contributed by atoms with E-state index in [2.05, 4.69) is 0 Å². The number of rotatable bonds is 5. The Morgan fingerprint density at radius 2 is 1.77 bits per heavy atom. The van der Waals surface area contributed by atoms with Crippen molar-refractivity contribution in [2.45, 2.75) is 11.0 Å². The third-order valence-electron chi connectivity index (χ3n) is 4.84. The number of sulfonamides is 1. The predicted octanol–water partition coefficient (Wildman–Crippen LogP) is 1.06. The number of nitriles is 1. The van der Waals surface area contributed by atoms with Crippen LogP contribution in [-0.4, -0.2) is 69.8 Å². The van der Waals surface area contributed by atoms with Crippen LogP contribution < -0.4 is 9.64 Å². The standard InChI is InChI=1S/C21H22N4O5S/c1-23(2)21(27)18-13-25(16-9-5-6-10-17(16)30-18)20(26)14-24(3)31(28,29)19-11-7-4-8-15(19)12-22/h4-11,18H,13-14H2,1-3H3/t18-/m0/s1. The molecule has 162 valence electrons. The van der Waals surface area contributed by atoms with Crippen LogP contribution in [0.2, 0.25) is 0 Å². The molecule has 0 aliphatic carbocycles. The number of benzene rings is 2. The summed E-state index contributed by atoms with van der Waals surface area (Å²) in [7, 11) is 0.372. The summed E-state index contributed by atoms with van der Waals surface area (Å²) in [6.07, 6.45) is -0.907. The highest BCUT2D eigenvalue weighted by molar-refractivity contribution is 7.89. The van der Waals surface area contributed by atoms with Crippen LogP contribution in [0.5, 0.6) is 5.75 Å². The second-order valence-electron chi connectivity index (χ2n) is 7.18. The molecule has 2 aromatic carbocycles. The van der Waals surface area contributed by atoms with E-state index in [9.17, 15) is 23.3 Å². The number of nitrogens with zero attached hydrogens (tertiary/aromatic N) is 4. The number of amides is 2. The lowest BCUT2D eigenvalue weighted by atomic mass is 10.1. The largest absolute Gasteiger partial charge is 0.476 e. The minimum Gasteiger partial charge on any atom is -0.476 e. The fourth-order valence-electron chi connectivity index (χ4n) is 3.20. The van der Waals surface area contributed by atoms with Gasteiger partial charge in [0.15, 0.2) is 6.10 Å². The third-order valence-corrected chi connectivity index (χ3v) is 6.71. The summed E-state index contributed by atoms with van der Waals surface area (Å²) < 4.78 is 32.6. The highest BCUT2D eigenvalue weighted by Crippen LogP contribution is 2.33. The van der Waals surface area contributed by atoms with E-state index in [-0.39, 0.29) is 22.9 Å². The summed E-state index contributed by atoms with van der Waals surface area (Å²) in [5.41, 5.74) is 0.452. The maximum atomic E-state index is 13.1. The first kappa shape index (κ1) is 22.3. The first-order valence-electron chi connectivity index (χ1n) is 9.39. The normalized spacial score (nSPS) is 15.6. The van der Waals surface area contributed by atoms with E-state index >= 15 is 0 Å². The molecule has 0 unspecified atom stereocenters. The van der Waals surface area contributed by atoms with E-state index in [1.165, 1.54) is 35.0 Å². The van der Waals surface area contributed by atoms with Gasteiger partial charge in [-0.2, -0.15) is 9.57 Å². The van der Waals surface area contributed by atoms with Gasteiger partial charge in [-0.3, -0.25) is 9.59 Å². The molecule has 1 aliphatic rings. The lowest BCUT2D eigenvalue weighted by molar-refractivity contribution is -0.136. The number of anilines is 1. The molecule has 0 radical (unpaired) electrons. The summed E-state index contributed by atoms with van der Waals surface area (Å²) in [5.74, 6) is -0.466. The zero-order chi connectivity index (χ0) is 22.8. The first-order valence-corrected chi connectivity index (χ1v) is 10.8. The molecule has 31 heavy (non-hydrogen) atoms. The molecule has 0 N–H and O–H groups in total. The van der Waals surface area contributed by atoms with Crippen molar-refractivity contribution in [1.82, 2.24) is 9.21 Å². The Hall–Kier alpha value is -3.42. The number of hydrogen-bond donors (Lipinski definition) is 0. The zero-order valence-electron chi connectivity index (χ0n) is 17.3. The van der Waals surface area contributed by atoms with Gasteiger partial charge in [-0.15, -0.1) is 0 Å². The third kappa shape index (κ3) is 4.38. The Morgan fingerprint density at radius 1 is 1.13 bits per heavy atom. The van der Waals surface area contributed by atoms with E-state index in [1.54, 1.807) is 44.4 Å². The summed E-state index contributed by atoms with van der Waals surface area (Å²) in [6.45, 7) is -0.519. The summed E-state index contributed by atoms with van der Waals surface area (Å²) in [4.78, 5) is 28.1. The smallest absolute Gasteiger partial charge is 0.265 e. The number of hydrogen-bond acceptors (Lipinski definition) is 6. The summed E-state index contributed by atoms with van der Waals surface area (Å²) in [6, 6.07) is 14.4. The van der Waals surface area contributed by atoms with Crippen molar-refractivity contribution in [3.8, 4) is 11.8 Å². The van der Waals surface area contributed by atoms with Gasteiger partial charge in [0.05, 0.1) is 29.2 Å². The predicted molar refractivity (Wildman–Crippen MR) is 113 cm³/mol. The number of para-hydroxylation sites is 2. The molecule has 0 aromatic heterocycles. The molecule has 0 saturated heterocycles. The van der Waals surface area contributed by atoms with Crippen molar-refractivity contribution in [3.05, 3.63) is 54.1 Å². The molecule has 0 bridgehead atoms. The van der Waals surface area contributed by atoms with E-state index in [0.717, 1.165) is 4.31 Å². The van der Waals surface area contributed by atoms with Crippen LogP contribution in [0.3, 0.4) is 0 Å². The maximum absolute atomic E-state index is 13.1. The zero-order valence-corrected chi connectivity index (χ0v) is 18.2. The molecule has 1 atom stereocenters. The van der Waals surface area contributed by atoms with E-state index < -0.39 is 28.6 Å². The molecule has 1 heterocycles. The number of ether oxygens (including phenoxy) is 1. The maximum Gasteiger partial charge on any atom is 0.265 e. The first-order chi connectivity index (χ1) is 14.7. The minimum absolute atomic E-state index is 0.00448. The van der Waals surface area contributed by atoms with Gasteiger partial charge in [-0.1, -0.05) is 24.3 Å². The second-order valence-corrected chi connectivity index (χ2v) is 9.19. The van der Waals surface area contributed by atoms with Crippen LogP contribution in [0.4, 0.5) is 5.69 Å². The van der Waals surface area contributed by atoms with Crippen LogP contribution in [0.25, 0.3) is 0 Å². The Kier molecular flexibility index (Phi) is 6.29. The highest BCUT2D eigenvalue weighted by Gasteiger charge is 2.36. The molecule has 3 rings (SSSR count). The second kappa shape index (κ2) is 8.75. The fourth-order valence-corrected chi connectivity index (χ4v) is 4.46. The van der Waals surface area contributed by atoms with Gasteiger partial charge in [-0.25, -0.2) is 8.42 Å². The van der Waals surface area contributed by atoms with Crippen molar-refractivity contribution in [2.24, 2.45) is 0 Å². The van der Waals surface area contributed by atoms with Crippen LogP contribution in [0, 0.1) is 11.3 Å². The van der Waals surface area contributed by atoms with Gasteiger partial charge in [0.2, 0.25) is 15.9 Å². The minimum atomic E-state index is -4.08. The lowest BCUT2D eigenvalue weighted by Gasteiger charge is -2.35. The molecule has 2 amide bonds. The number of likely N-dealkylation sites (N-methyl/N-ethyl adjacent to an activating group) is 2. The van der Waals surface area contributed by atoms with Crippen LogP contribution >= 0.6 is 0 Å². The van der Waals surface area contributed by atoms with Gasteiger partial charge in [0, 0.05) is 21.1 Å². The van der Waals surface area contributed by atoms with Gasteiger partial charge in [-0.05, 0) is 24.3 Å². The van der Waals surface area contributed by atoms with Crippen molar-refractivity contribution < 1.29 is 22.7 Å². The van der Waals surface area contributed by atoms with Gasteiger partial charge < -0.3 is 14.5 Å². The molecule has 0 spiro atoms.